The van der Waals surface area contributed by atoms with Gasteiger partial charge >= 0.3 is 0 Å². The molecule has 0 bridgehead atoms. The summed E-state index contributed by atoms with van der Waals surface area (Å²) >= 11 is 0. The van der Waals surface area contributed by atoms with Gasteiger partial charge in [0.05, 0.1) is 5.84 Å². The third-order valence-corrected chi connectivity index (χ3v) is 2.86. The number of aromatic nitrogens is 1. The molecular formula is C12H17N3. The average Bonchev–Trinajstić information content (AvgIpc) is 3.10. The summed E-state index contributed by atoms with van der Waals surface area (Å²) in [7, 11) is 2.02. The fourth-order valence-corrected chi connectivity index (χ4v) is 1.64. The Morgan fingerprint density at radius 1 is 1.47 bits per heavy atom. The van der Waals surface area contributed by atoms with Gasteiger partial charge < -0.3 is 4.90 Å². The van der Waals surface area contributed by atoms with E-state index < -0.39 is 0 Å². The number of hydrogen-bond acceptors (Lipinski definition) is 2. The minimum Gasteiger partial charge on any atom is -0.363 e. The number of hydrogen-bond donors (Lipinski definition) is 1. The summed E-state index contributed by atoms with van der Waals surface area (Å²) in [6.07, 6.45) is 7.05. The van der Waals surface area contributed by atoms with Gasteiger partial charge in [0, 0.05) is 31.9 Å². The molecule has 1 aliphatic carbocycles. The van der Waals surface area contributed by atoms with Crippen LogP contribution in [0, 0.1) is 11.3 Å². The Balaban J connectivity index is 1.80. The Morgan fingerprint density at radius 2 is 2.13 bits per heavy atom. The standard InChI is InChI=1S/C12H17N3/c1-15(12(13)11-2-3-11)9-6-10-4-7-14-8-5-10/h4-5,7-8,11,13H,2-3,6,9H2,1H3. The molecule has 0 aliphatic heterocycles. The molecule has 1 N–H and O–H groups in total. The zero-order valence-electron chi connectivity index (χ0n) is 9.11. The molecule has 15 heavy (non-hydrogen) atoms. The molecule has 1 aromatic heterocycles. The van der Waals surface area contributed by atoms with E-state index in [-0.39, 0.29) is 0 Å². The van der Waals surface area contributed by atoms with Crippen molar-refractivity contribution in [3.05, 3.63) is 30.1 Å². The Kier molecular flexibility index (Phi) is 2.99. The van der Waals surface area contributed by atoms with E-state index >= 15 is 0 Å². The Morgan fingerprint density at radius 3 is 2.73 bits per heavy atom. The van der Waals surface area contributed by atoms with E-state index in [9.17, 15) is 0 Å². The molecule has 1 aliphatic rings. The fourth-order valence-electron chi connectivity index (χ4n) is 1.64. The summed E-state index contributed by atoms with van der Waals surface area (Å²) in [4.78, 5) is 6.06. The van der Waals surface area contributed by atoms with Gasteiger partial charge in [-0.1, -0.05) is 0 Å². The zero-order chi connectivity index (χ0) is 10.7. The highest BCUT2D eigenvalue weighted by molar-refractivity contribution is 5.83. The third kappa shape index (κ3) is 2.78. The summed E-state index contributed by atoms with van der Waals surface area (Å²) in [6.45, 7) is 0.930. The molecule has 3 heteroatoms. The fraction of sp³-hybridized carbons (Fsp3) is 0.500. The van der Waals surface area contributed by atoms with Crippen LogP contribution in [-0.4, -0.2) is 29.3 Å². The van der Waals surface area contributed by atoms with Crippen LogP contribution in [0.25, 0.3) is 0 Å². The van der Waals surface area contributed by atoms with Crippen LogP contribution in [0.15, 0.2) is 24.5 Å². The van der Waals surface area contributed by atoms with Gasteiger partial charge in [-0.2, -0.15) is 0 Å². The van der Waals surface area contributed by atoms with Gasteiger partial charge in [0.1, 0.15) is 0 Å². The third-order valence-electron chi connectivity index (χ3n) is 2.86. The number of rotatable bonds is 4. The van der Waals surface area contributed by atoms with Crippen LogP contribution < -0.4 is 0 Å². The number of nitrogens with one attached hydrogen (secondary N) is 1. The first-order chi connectivity index (χ1) is 7.27. The van der Waals surface area contributed by atoms with Gasteiger partial charge in [0.15, 0.2) is 0 Å². The van der Waals surface area contributed by atoms with E-state index in [0.29, 0.717) is 5.92 Å². The summed E-state index contributed by atoms with van der Waals surface area (Å²) in [5.74, 6) is 1.36. The minimum atomic E-state index is 0.549. The normalized spacial score (nSPS) is 15.0. The predicted molar refractivity (Wildman–Crippen MR) is 61.0 cm³/mol. The maximum absolute atomic E-state index is 7.89. The second-order valence-corrected chi connectivity index (χ2v) is 4.19. The predicted octanol–water partition coefficient (Wildman–Crippen LogP) is 1.94. The first-order valence-electron chi connectivity index (χ1n) is 5.46. The largest absolute Gasteiger partial charge is 0.363 e. The van der Waals surface area contributed by atoms with Crippen molar-refractivity contribution in [2.45, 2.75) is 19.3 Å². The van der Waals surface area contributed by atoms with Crippen molar-refractivity contribution in [3.8, 4) is 0 Å². The van der Waals surface area contributed by atoms with Gasteiger partial charge in [0.25, 0.3) is 0 Å². The lowest BCUT2D eigenvalue weighted by molar-refractivity contribution is 0.489. The summed E-state index contributed by atoms with van der Waals surface area (Å²) < 4.78 is 0. The van der Waals surface area contributed by atoms with Gasteiger partial charge in [-0.15, -0.1) is 0 Å². The van der Waals surface area contributed by atoms with Crippen LogP contribution in [0.5, 0.6) is 0 Å². The lowest BCUT2D eigenvalue weighted by Gasteiger charge is -2.19. The molecule has 1 saturated carbocycles. The van der Waals surface area contributed by atoms with Gasteiger partial charge in [0.2, 0.25) is 0 Å². The van der Waals surface area contributed by atoms with Gasteiger partial charge in [-0.25, -0.2) is 0 Å². The maximum Gasteiger partial charge on any atom is 0.0986 e. The quantitative estimate of drug-likeness (QED) is 0.600. The molecule has 1 heterocycles. The van der Waals surface area contributed by atoms with Gasteiger partial charge in [-0.05, 0) is 37.0 Å². The maximum atomic E-state index is 7.89. The molecule has 0 amide bonds. The first-order valence-corrected chi connectivity index (χ1v) is 5.46. The number of amidine groups is 1. The Bertz CT molecular complexity index is 330. The van der Waals surface area contributed by atoms with Crippen LogP contribution in [0.1, 0.15) is 18.4 Å². The van der Waals surface area contributed by atoms with Crippen LogP contribution in [0.4, 0.5) is 0 Å². The van der Waals surface area contributed by atoms with E-state index in [4.69, 9.17) is 5.41 Å². The van der Waals surface area contributed by atoms with E-state index in [0.717, 1.165) is 18.8 Å². The molecule has 0 saturated heterocycles. The second-order valence-electron chi connectivity index (χ2n) is 4.19. The second kappa shape index (κ2) is 4.43. The topological polar surface area (TPSA) is 40.0 Å². The summed E-state index contributed by atoms with van der Waals surface area (Å²) in [5.41, 5.74) is 1.29. The minimum absolute atomic E-state index is 0.549. The van der Waals surface area contributed by atoms with Gasteiger partial charge in [-0.3, -0.25) is 10.4 Å². The highest BCUT2D eigenvalue weighted by Crippen LogP contribution is 2.30. The highest BCUT2D eigenvalue weighted by Gasteiger charge is 2.28. The van der Waals surface area contributed by atoms with E-state index in [2.05, 4.69) is 9.88 Å². The van der Waals surface area contributed by atoms with E-state index in [1.807, 2.05) is 31.6 Å². The molecular weight excluding hydrogens is 186 g/mol. The van der Waals surface area contributed by atoms with E-state index in [1.165, 1.54) is 18.4 Å². The van der Waals surface area contributed by atoms with Crippen LogP contribution in [0.3, 0.4) is 0 Å². The average molecular weight is 203 g/mol. The number of nitrogens with zero attached hydrogens (tertiary/aromatic N) is 2. The van der Waals surface area contributed by atoms with Crippen LogP contribution >= 0.6 is 0 Å². The Labute approximate surface area is 90.6 Å². The number of pyridine rings is 1. The SMILES string of the molecule is CN(CCc1ccncc1)C(=N)C1CC1. The monoisotopic (exact) mass is 203 g/mol. The zero-order valence-corrected chi connectivity index (χ0v) is 9.11. The molecule has 0 radical (unpaired) electrons. The smallest absolute Gasteiger partial charge is 0.0986 e. The van der Waals surface area contributed by atoms with Crippen molar-refractivity contribution in [3.63, 3.8) is 0 Å². The first kappa shape index (κ1) is 10.1. The molecule has 0 aromatic carbocycles. The molecule has 1 aromatic rings. The van der Waals surface area contributed by atoms with Crippen molar-refractivity contribution in [2.75, 3.05) is 13.6 Å². The lowest BCUT2D eigenvalue weighted by atomic mass is 10.2. The Hall–Kier alpha value is -1.38. The molecule has 0 spiro atoms. The van der Waals surface area contributed by atoms with Crippen molar-refractivity contribution in [1.82, 2.24) is 9.88 Å². The van der Waals surface area contributed by atoms with Crippen molar-refractivity contribution in [2.24, 2.45) is 5.92 Å². The molecule has 0 atom stereocenters. The molecule has 80 valence electrons. The van der Waals surface area contributed by atoms with Crippen LogP contribution in [0.2, 0.25) is 0 Å². The summed E-state index contributed by atoms with van der Waals surface area (Å²) in [6, 6.07) is 4.07. The molecule has 2 rings (SSSR count). The number of likely N-dealkylation sites (N-methyl/N-ethyl adjacent to an activating group) is 1. The van der Waals surface area contributed by atoms with E-state index in [1.54, 1.807) is 0 Å². The van der Waals surface area contributed by atoms with Crippen molar-refractivity contribution >= 4 is 5.84 Å². The molecule has 3 nitrogen and oxygen atoms in total. The van der Waals surface area contributed by atoms with Crippen molar-refractivity contribution < 1.29 is 0 Å². The van der Waals surface area contributed by atoms with Crippen LogP contribution in [-0.2, 0) is 6.42 Å². The highest BCUT2D eigenvalue weighted by atomic mass is 15.1. The molecule has 1 fully saturated rings. The lowest BCUT2D eigenvalue weighted by Crippen LogP contribution is -2.29. The molecule has 0 unspecified atom stereocenters. The summed E-state index contributed by atoms with van der Waals surface area (Å²) in [5, 5.41) is 7.89. The van der Waals surface area contributed by atoms with Crippen molar-refractivity contribution in [1.29, 1.82) is 5.41 Å².